The van der Waals surface area contributed by atoms with Crippen molar-refractivity contribution >= 4 is 11.6 Å². The average Bonchev–Trinajstić information content (AvgIpc) is 3.24. The van der Waals surface area contributed by atoms with E-state index in [9.17, 15) is 4.39 Å². The Morgan fingerprint density at radius 3 is 2.72 bits per heavy atom. The van der Waals surface area contributed by atoms with Crippen molar-refractivity contribution in [2.75, 3.05) is 24.6 Å². The van der Waals surface area contributed by atoms with Gasteiger partial charge in [-0.15, -0.1) is 0 Å². The lowest BCUT2D eigenvalue weighted by Gasteiger charge is -2.30. The summed E-state index contributed by atoms with van der Waals surface area (Å²) in [6.45, 7) is 6.46. The number of allylic oxidation sites excluding steroid dienone is 2. The summed E-state index contributed by atoms with van der Waals surface area (Å²) >= 11 is 0. The molecule has 0 bridgehead atoms. The van der Waals surface area contributed by atoms with Crippen LogP contribution >= 0.6 is 0 Å². The number of benzene rings is 1. The minimum absolute atomic E-state index is 0.178. The van der Waals surface area contributed by atoms with E-state index in [2.05, 4.69) is 35.0 Å². The summed E-state index contributed by atoms with van der Waals surface area (Å²) in [6, 6.07) is 5.91. The summed E-state index contributed by atoms with van der Waals surface area (Å²) in [6.07, 6.45) is 8.52. The van der Waals surface area contributed by atoms with Gasteiger partial charge in [-0.2, -0.15) is 4.98 Å². The molecule has 156 valence electrons. The van der Waals surface area contributed by atoms with Crippen molar-refractivity contribution in [3.8, 4) is 5.75 Å². The molecule has 1 aromatic heterocycles. The molecule has 1 aromatic carbocycles. The minimum Gasteiger partial charge on any atom is -0.493 e. The van der Waals surface area contributed by atoms with Crippen molar-refractivity contribution in [2.45, 2.75) is 58.3 Å². The zero-order valence-corrected chi connectivity index (χ0v) is 17.4. The molecule has 1 fully saturated rings. The third-order valence-electron chi connectivity index (χ3n) is 5.90. The Bertz CT molecular complexity index is 854. The van der Waals surface area contributed by atoms with Crippen LogP contribution < -0.4 is 9.64 Å². The van der Waals surface area contributed by atoms with Gasteiger partial charge in [0.15, 0.2) is 5.82 Å². The van der Waals surface area contributed by atoms with Crippen LogP contribution in [0, 0.1) is 11.7 Å². The van der Waals surface area contributed by atoms with Gasteiger partial charge in [-0.05, 0) is 62.1 Å². The zero-order valence-electron chi connectivity index (χ0n) is 17.4. The van der Waals surface area contributed by atoms with E-state index in [0.29, 0.717) is 24.3 Å². The van der Waals surface area contributed by atoms with Gasteiger partial charge in [-0.25, -0.2) is 4.39 Å². The standard InChI is InChI=1S/C23H30FN3O2/c1-16(2)22-25-23(29-26-22)27-12-10-17(11-13-27)15-28-19-8-9-20(21(24)14-19)18-6-4-3-5-7-18/h6,8-9,14,16-17H,3-5,7,10-13,15H2,1-2H3. The van der Waals surface area contributed by atoms with Gasteiger partial charge in [0.2, 0.25) is 0 Å². The minimum atomic E-state index is -0.178. The van der Waals surface area contributed by atoms with Crippen LogP contribution in [0.1, 0.15) is 69.7 Å². The van der Waals surface area contributed by atoms with E-state index in [1.54, 1.807) is 0 Å². The van der Waals surface area contributed by atoms with Gasteiger partial charge in [-0.3, -0.25) is 0 Å². The number of piperidine rings is 1. The van der Waals surface area contributed by atoms with E-state index < -0.39 is 0 Å². The second-order valence-electron chi connectivity index (χ2n) is 8.45. The Morgan fingerprint density at radius 1 is 1.24 bits per heavy atom. The van der Waals surface area contributed by atoms with Crippen molar-refractivity contribution in [1.29, 1.82) is 0 Å². The highest BCUT2D eigenvalue weighted by atomic mass is 19.1. The summed E-state index contributed by atoms with van der Waals surface area (Å²) in [5.41, 5.74) is 1.86. The summed E-state index contributed by atoms with van der Waals surface area (Å²) in [5, 5.41) is 4.04. The van der Waals surface area contributed by atoms with Crippen LogP contribution in [0.15, 0.2) is 28.8 Å². The molecular weight excluding hydrogens is 369 g/mol. The number of hydrogen-bond donors (Lipinski definition) is 0. The molecule has 4 rings (SSSR count). The second kappa shape index (κ2) is 8.97. The first kappa shape index (κ1) is 19.9. The van der Waals surface area contributed by atoms with Crippen molar-refractivity contribution in [2.24, 2.45) is 5.92 Å². The van der Waals surface area contributed by atoms with Crippen LogP contribution in [0.5, 0.6) is 5.75 Å². The lowest BCUT2D eigenvalue weighted by atomic mass is 9.93. The maximum Gasteiger partial charge on any atom is 0.324 e. The largest absolute Gasteiger partial charge is 0.493 e. The third-order valence-corrected chi connectivity index (χ3v) is 5.90. The maximum atomic E-state index is 14.5. The van der Waals surface area contributed by atoms with Crippen molar-refractivity contribution in [3.63, 3.8) is 0 Å². The summed E-state index contributed by atoms with van der Waals surface area (Å²) in [5.74, 6) is 1.90. The van der Waals surface area contributed by atoms with Crippen LogP contribution in [0.2, 0.25) is 0 Å². The van der Waals surface area contributed by atoms with E-state index >= 15 is 0 Å². The Balaban J connectivity index is 1.28. The Kier molecular flexibility index (Phi) is 6.16. The van der Waals surface area contributed by atoms with Gasteiger partial charge in [0, 0.05) is 30.6 Å². The molecule has 0 radical (unpaired) electrons. The van der Waals surface area contributed by atoms with Gasteiger partial charge < -0.3 is 14.2 Å². The lowest BCUT2D eigenvalue weighted by Crippen LogP contribution is -2.35. The Morgan fingerprint density at radius 2 is 2.07 bits per heavy atom. The SMILES string of the molecule is CC(C)c1noc(N2CCC(COc3ccc(C4=CCCCC4)c(F)c3)CC2)n1. The van der Waals surface area contributed by atoms with E-state index in [1.807, 2.05) is 12.1 Å². The number of hydrogen-bond acceptors (Lipinski definition) is 5. The molecule has 1 saturated heterocycles. The summed E-state index contributed by atoms with van der Waals surface area (Å²) in [4.78, 5) is 6.62. The Hall–Kier alpha value is -2.37. The average molecular weight is 400 g/mol. The predicted molar refractivity (Wildman–Crippen MR) is 112 cm³/mol. The Labute approximate surface area is 171 Å². The van der Waals surface area contributed by atoms with Crippen LogP contribution in [-0.2, 0) is 0 Å². The first-order chi connectivity index (χ1) is 14.1. The number of ether oxygens (including phenoxy) is 1. The van der Waals surface area contributed by atoms with Gasteiger partial charge in [0.1, 0.15) is 11.6 Å². The van der Waals surface area contributed by atoms with Crippen LogP contribution in [-0.4, -0.2) is 29.8 Å². The van der Waals surface area contributed by atoms with Crippen molar-refractivity contribution in [1.82, 2.24) is 10.1 Å². The van der Waals surface area contributed by atoms with E-state index in [4.69, 9.17) is 9.26 Å². The van der Waals surface area contributed by atoms with Gasteiger partial charge >= 0.3 is 6.01 Å². The fourth-order valence-corrected chi connectivity index (χ4v) is 4.02. The van der Waals surface area contributed by atoms with Gasteiger partial charge in [0.25, 0.3) is 0 Å². The molecular formula is C23H30FN3O2. The highest BCUT2D eigenvalue weighted by Gasteiger charge is 2.24. The predicted octanol–water partition coefficient (Wildman–Crippen LogP) is 5.58. The smallest absolute Gasteiger partial charge is 0.324 e. The van der Waals surface area contributed by atoms with E-state index in [0.717, 1.165) is 62.2 Å². The van der Waals surface area contributed by atoms with Gasteiger partial charge in [-0.1, -0.05) is 25.1 Å². The normalized spacial score (nSPS) is 18.2. The van der Waals surface area contributed by atoms with Crippen LogP contribution in [0.25, 0.3) is 5.57 Å². The molecule has 2 aromatic rings. The number of rotatable bonds is 6. The summed E-state index contributed by atoms with van der Waals surface area (Å²) < 4.78 is 25.9. The topological polar surface area (TPSA) is 51.4 Å². The number of anilines is 1. The first-order valence-corrected chi connectivity index (χ1v) is 10.8. The fourth-order valence-electron chi connectivity index (χ4n) is 4.02. The highest BCUT2D eigenvalue weighted by Crippen LogP contribution is 2.31. The molecule has 0 spiro atoms. The van der Waals surface area contributed by atoms with Gasteiger partial charge in [0.05, 0.1) is 6.61 Å². The molecule has 29 heavy (non-hydrogen) atoms. The molecule has 0 atom stereocenters. The quantitative estimate of drug-likeness (QED) is 0.634. The molecule has 1 aliphatic heterocycles. The molecule has 0 amide bonds. The van der Waals surface area contributed by atoms with E-state index in [1.165, 1.54) is 12.5 Å². The second-order valence-corrected chi connectivity index (χ2v) is 8.45. The molecule has 6 heteroatoms. The zero-order chi connectivity index (χ0) is 20.2. The molecule has 5 nitrogen and oxygen atoms in total. The monoisotopic (exact) mass is 399 g/mol. The number of halogens is 1. The molecule has 0 unspecified atom stereocenters. The third kappa shape index (κ3) is 4.80. The lowest BCUT2D eigenvalue weighted by molar-refractivity contribution is 0.219. The number of nitrogens with zero attached hydrogens (tertiary/aromatic N) is 3. The van der Waals surface area contributed by atoms with Crippen molar-refractivity contribution < 1.29 is 13.7 Å². The maximum absolute atomic E-state index is 14.5. The molecule has 0 saturated carbocycles. The first-order valence-electron chi connectivity index (χ1n) is 10.8. The molecule has 2 heterocycles. The molecule has 1 aliphatic carbocycles. The molecule has 2 aliphatic rings. The van der Waals surface area contributed by atoms with E-state index in [-0.39, 0.29) is 11.7 Å². The van der Waals surface area contributed by atoms with Crippen molar-refractivity contribution in [3.05, 3.63) is 41.5 Å². The fraction of sp³-hybridized carbons (Fsp3) is 0.565. The number of aromatic nitrogens is 2. The van der Waals surface area contributed by atoms with Crippen LogP contribution in [0.3, 0.4) is 0 Å². The molecule has 0 N–H and O–H groups in total. The highest BCUT2D eigenvalue weighted by molar-refractivity contribution is 5.67. The summed E-state index contributed by atoms with van der Waals surface area (Å²) in [7, 11) is 0. The van der Waals surface area contributed by atoms with Crippen LogP contribution in [0.4, 0.5) is 10.4 Å².